The Kier molecular flexibility index (Phi) is 4.80. The molecule has 0 amide bonds. The van der Waals surface area contributed by atoms with Crippen molar-refractivity contribution in [2.45, 2.75) is 25.7 Å². The van der Waals surface area contributed by atoms with E-state index in [1.807, 2.05) is 55.5 Å². The number of carboxylic acids is 1. The van der Waals surface area contributed by atoms with Crippen LogP contribution >= 0.6 is 11.6 Å². The predicted octanol–water partition coefficient (Wildman–Crippen LogP) is 4.98. The summed E-state index contributed by atoms with van der Waals surface area (Å²) in [6.07, 6.45) is 0.996. The van der Waals surface area contributed by atoms with Crippen molar-refractivity contribution >= 4 is 17.6 Å². The van der Waals surface area contributed by atoms with Crippen molar-refractivity contribution in [1.82, 2.24) is 0 Å². The third kappa shape index (κ3) is 3.61. The normalized spacial score (nSPS) is 12.1. The van der Waals surface area contributed by atoms with E-state index in [4.69, 9.17) is 16.7 Å². The third-order valence-corrected chi connectivity index (χ3v) is 3.69. The molecule has 2 rings (SSSR count). The SMILES string of the molecule is CCC(CC(=O)O)c1ccc(-c2cccc(Cl)c2)cc1. The highest BCUT2D eigenvalue weighted by Gasteiger charge is 2.13. The van der Waals surface area contributed by atoms with Gasteiger partial charge in [0.25, 0.3) is 0 Å². The van der Waals surface area contributed by atoms with Gasteiger partial charge in [0.15, 0.2) is 0 Å². The van der Waals surface area contributed by atoms with Crippen LogP contribution in [0.4, 0.5) is 0 Å². The Hall–Kier alpha value is -1.80. The summed E-state index contributed by atoms with van der Waals surface area (Å²) in [4.78, 5) is 10.9. The number of carboxylic acid groups (broad SMARTS) is 1. The minimum absolute atomic E-state index is 0.0703. The van der Waals surface area contributed by atoms with Gasteiger partial charge in [-0.25, -0.2) is 0 Å². The Balaban J connectivity index is 2.23. The first kappa shape index (κ1) is 14.6. The first-order valence-corrected chi connectivity index (χ1v) is 7.05. The van der Waals surface area contributed by atoms with Crippen molar-refractivity contribution in [2.24, 2.45) is 0 Å². The molecule has 104 valence electrons. The molecule has 20 heavy (non-hydrogen) atoms. The van der Waals surface area contributed by atoms with E-state index in [0.717, 1.165) is 23.1 Å². The molecule has 0 bridgehead atoms. The molecule has 2 aromatic carbocycles. The van der Waals surface area contributed by atoms with E-state index in [2.05, 4.69) is 0 Å². The van der Waals surface area contributed by atoms with Crippen LogP contribution in [0.25, 0.3) is 11.1 Å². The van der Waals surface area contributed by atoms with Gasteiger partial charge in [0.1, 0.15) is 0 Å². The van der Waals surface area contributed by atoms with Crippen molar-refractivity contribution in [2.75, 3.05) is 0 Å². The number of halogens is 1. The van der Waals surface area contributed by atoms with Crippen molar-refractivity contribution in [3.63, 3.8) is 0 Å². The van der Waals surface area contributed by atoms with Crippen LogP contribution in [0.5, 0.6) is 0 Å². The summed E-state index contributed by atoms with van der Waals surface area (Å²) in [7, 11) is 0. The number of hydrogen-bond donors (Lipinski definition) is 1. The summed E-state index contributed by atoms with van der Waals surface area (Å²) in [6.45, 7) is 2.01. The lowest BCUT2D eigenvalue weighted by Crippen LogP contribution is -2.05. The lowest BCUT2D eigenvalue weighted by atomic mass is 9.92. The molecule has 2 aromatic rings. The molecule has 0 radical (unpaired) electrons. The highest BCUT2D eigenvalue weighted by molar-refractivity contribution is 6.30. The van der Waals surface area contributed by atoms with Crippen LogP contribution in [-0.4, -0.2) is 11.1 Å². The Morgan fingerprint density at radius 1 is 1.15 bits per heavy atom. The summed E-state index contributed by atoms with van der Waals surface area (Å²) in [5, 5.41) is 9.64. The van der Waals surface area contributed by atoms with Gasteiger partial charge in [0.05, 0.1) is 6.42 Å². The highest BCUT2D eigenvalue weighted by atomic mass is 35.5. The second-order valence-corrected chi connectivity index (χ2v) is 5.27. The van der Waals surface area contributed by atoms with Gasteiger partial charge in [-0.05, 0) is 41.2 Å². The number of benzene rings is 2. The standard InChI is InChI=1S/C17H17ClO2/c1-2-12(11-17(19)20)13-6-8-14(9-7-13)15-4-3-5-16(18)10-15/h3-10,12H,2,11H2,1H3,(H,19,20). The lowest BCUT2D eigenvalue weighted by molar-refractivity contribution is -0.137. The fourth-order valence-corrected chi connectivity index (χ4v) is 2.51. The second-order valence-electron chi connectivity index (χ2n) is 4.84. The maximum absolute atomic E-state index is 10.9. The average Bonchev–Trinajstić information content (AvgIpc) is 2.45. The zero-order valence-electron chi connectivity index (χ0n) is 11.3. The molecule has 0 aliphatic rings. The molecule has 0 saturated heterocycles. The monoisotopic (exact) mass is 288 g/mol. The molecular weight excluding hydrogens is 272 g/mol. The van der Waals surface area contributed by atoms with Gasteiger partial charge < -0.3 is 5.11 Å². The van der Waals surface area contributed by atoms with Crippen molar-refractivity contribution in [3.8, 4) is 11.1 Å². The molecule has 2 nitrogen and oxygen atoms in total. The molecule has 0 fully saturated rings. The minimum Gasteiger partial charge on any atom is -0.481 e. The van der Waals surface area contributed by atoms with E-state index in [1.54, 1.807) is 0 Å². The van der Waals surface area contributed by atoms with E-state index < -0.39 is 5.97 Å². The Labute approximate surface area is 124 Å². The van der Waals surface area contributed by atoms with Crippen molar-refractivity contribution in [1.29, 1.82) is 0 Å². The maximum Gasteiger partial charge on any atom is 0.303 e. The highest BCUT2D eigenvalue weighted by Crippen LogP contribution is 2.27. The second kappa shape index (κ2) is 6.58. The third-order valence-electron chi connectivity index (χ3n) is 3.45. The molecule has 1 atom stereocenters. The minimum atomic E-state index is -0.754. The van der Waals surface area contributed by atoms with Gasteiger partial charge in [0.2, 0.25) is 0 Å². The van der Waals surface area contributed by atoms with Crippen LogP contribution in [0.1, 0.15) is 31.2 Å². The first-order chi connectivity index (χ1) is 9.60. The van der Waals surface area contributed by atoms with E-state index >= 15 is 0 Å². The summed E-state index contributed by atoms with van der Waals surface area (Å²) in [5.41, 5.74) is 3.22. The predicted molar refractivity (Wildman–Crippen MR) is 82.2 cm³/mol. The Bertz CT molecular complexity index is 590. The molecule has 0 saturated carbocycles. The zero-order valence-corrected chi connectivity index (χ0v) is 12.1. The molecule has 0 aromatic heterocycles. The van der Waals surface area contributed by atoms with Gasteiger partial charge in [-0.2, -0.15) is 0 Å². The van der Waals surface area contributed by atoms with E-state index in [0.29, 0.717) is 5.02 Å². The van der Waals surface area contributed by atoms with Crippen LogP contribution in [-0.2, 0) is 4.79 Å². The molecule has 1 N–H and O–H groups in total. The summed E-state index contributed by atoms with van der Waals surface area (Å²) in [6, 6.07) is 15.8. The molecule has 0 aliphatic carbocycles. The largest absolute Gasteiger partial charge is 0.481 e. The molecule has 1 unspecified atom stereocenters. The Morgan fingerprint density at radius 2 is 1.85 bits per heavy atom. The first-order valence-electron chi connectivity index (χ1n) is 6.68. The number of rotatable bonds is 5. The van der Waals surface area contributed by atoms with Gasteiger partial charge in [0, 0.05) is 5.02 Å². The van der Waals surface area contributed by atoms with E-state index in [9.17, 15) is 4.79 Å². The molecule has 0 heterocycles. The zero-order chi connectivity index (χ0) is 14.5. The van der Waals surface area contributed by atoms with Crippen molar-refractivity contribution < 1.29 is 9.90 Å². The van der Waals surface area contributed by atoms with Crippen LogP contribution < -0.4 is 0 Å². The van der Waals surface area contributed by atoms with Crippen LogP contribution in [0.15, 0.2) is 48.5 Å². The van der Waals surface area contributed by atoms with Gasteiger partial charge in [-0.15, -0.1) is 0 Å². The van der Waals surface area contributed by atoms with Crippen molar-refractivity contribution in [3.05, 3.63) is 59.1 Å². The van der Waals surface area contributed by atoms with Gasteiger partial charge in [-0.3, -0.25) is 4.79 Å². The quantitative estimate of drug-likeness (QED) is 0.843. The molecular formula is C17H17ClO2. The van der Waals surface area contributed by atoms with E-state index in [1.165, 1.54) is 0 Å². The fraction of sp³-hybridized carbons (Fsp3) is 0.235. The number of carbonyl (C=O) groups is 1. The topological polar surface area (TPSA) is 37.3 Å². The number of hydrogen-bond acceptors (Lipinski definition) is 1. The van der Waals surface area contributed by atoms with E-state index in [-0.39, 0.29) is 12.3 Å². The summed E-state index contributed by atoms with van der Waals surface area (Å²) < 4.78 is 0. The van der Waals surface area contributed by atoms with Crippen LogP contribution in [0.3, 0.4) is 0 Å². The van der Waals surface area contributed by atoms with Crippen LogP contribution in [0, 0.1) is 0 Å². The summed E-state index contributed by atoms with van der Waals surface area (Å²) in [5.74, 6) is -0.684. The average molecular weight is 289 g/mol. The molecule has 0 aliphatic heterocycles. The molecule has 3 heteroatoms. The van der Waals surface area contributed by atoms with Crippen LogP contribution in [0.2, 0.25) is 5.02 Å². The summed E-state index contributed by atoms with van der Waals surface area (Å²) >= 11 is 5.99. The fourth-order valence-electron chi connectivity index (χ4n) is 2.32. The maximum atomic E-state index is 10.9. The Morgan fingerprint density at radius 3 is 2.40 bits per heavy atom. The molecule has 0 spiro atoms. The van der Waals surface area contributed by atoms with Gasteiger partial charge >= 0.3 is 5.97 Å². The smallest absolute Gasteiger partial charge is 0.303 e. The number of aliphatic carboxylic acids is 1. The van der Waals surface area contributed by atoms with Gasteiger partial charge in [-0.1, -0.05) is 54.9 Å². The lowest BCUT2D eigenvalue weighted by Gasteiger charge is -2.13.